The van der Waals surface area contributed by atoms with Gasteiger partial charge in [0, 0.05) is 11.1 Å². The van der Waals surface area contributed by atoms with Gasteiger partial charge < -0.3 is 19.7 Å². The molecule has 0 unspecified atom stereocenters. The number of amides is 1. The standard InChI is InChI=1S/C24H23NO6S/c1-4-30-17-12-8-10-15(20(17)26)13-18-21(27)19(24(29)31-5-2)23(32-18)25-22(28)16-11-7-6-9-14(16)3/h6-13,26-27H,4-5H2,1-3H3/b18-13-,25-23?. The van der Waals surface area contributed by atoms with Crippen LogP contribution in [0.25, 0.3) is 6.08 Å². The Hall–Kier alpha value is -3.52. The van der Waals surface area contributed by atoms with Crippen LogP contribution in [0.2, 0.25) is 0 Å². The maximum absolute atomic E-state index is 12.8. The molecule has 166 valence electrons. The van der Waals surface area contributed by atoms with Crippen LogP contribution in [-0.4, -0.2) is 40.3 Å². The molecule has 0 saturated heterocycles. The molecule has 0 spiro atoms. The molecule has 0 fully saturated rings. The van der Waals surface area contributed by atoms with E-state index in [4.69, 9.17) is 9.47 Å². The number of rotatable bonds is 6. The zero-order valence-corrected chi connectivity index (χ0v) is 18.7. The third-order valence-corrected chi connectivity index (χ3v) is 5.59. The molecule has 3 rings (SSSR count). The van der Waals surface area contributed by atoms with Gasteiger partial charge in [-0.2, -0.15) is 0 Å². The average molecular weight is 454 g/mol. The summed E-state index contributed by atoms with van der Waals surface area (Å²) in [7, 11) is 0. The fraction of sp³-hybridized carbons (Fsp3) is 0.208. The second-order valence-corrected chi connectivity index (χ2v) is 7.75. The van der Waals surface area contributed by atoms with E-state index in [1.54, 1.807) is 57.2 Å². The van der Waals surface area contributed by atoms with Gasteiger partial charge in [0.15, 0.2) is 11.5 Å². The highest BCUT2D eigenvalue weighted by atomic mass is 32.2. The van der Waals surface area contributed by atoms with Crippen LogP contribution in [0.4, 0.5) is 0 Å². The van der Waals surface area contributed by atoms with Crippen LogP contribution in [-0.2, 0) is 9.53 Å². The molecule has 1 heterocycles. The number of aromatic hydroxyl groups is 1. The maximum atomic E-state index is 12.8. The number of phenolic OH excluding ortho intramolecular Hbond substituents is 1. The van der Waals surface area contributed by atoms with Crippen molar-refractivity contribution in [1.29, 1.82) is 0 Å². The van der Waals surface area contributed by atoms with E-state index >= 15 is 0 Å². The van der Waals surface area contributed by atoms with E-state index in [-0.39, 0.29) is 33.6 Å². The second kappa shape index (κ2) is 10.2. The number of aliphatic hydroxyl groups is 1. The Labute approximate surface area is 190 Å². The first-order valence-corrected chi connectivity index (χ1v) is 10.8. The molecule has 0 aromatic heterocycles. The molecule has 32 heavy (non-hydrogen) atoms. The molecule has 0 bridgehead atoms. The zero-order chi connectivity index (χ0) is 23.3. The van der Waals surface area contributed by atoms with Crippen LogP contribution in [0.15, 0.2) is 63.7 Å². The summed E-state index contributed by atoms with van der Waals surface area (Å²) in [5.74, 6) is -1.50. The van der Waals surface area contributed by atoms with E-state index in [9.17, 15) is 19.8 Å². The zero-order valence-electron chi connectivity index (χ0n) is 17.9. The Morgan fingerprint density at radius 2 is 1.81 bits per heavy atom. The lowest BCUT2D eigenvalue weighted by atomic mass is 10.1. The van der Waals surface area contributed by atoms with Crippen LogP contribution in [0.5, 0.6) is 11.5 Å². The van der Waals surface area contributed by atoms with E-state index < -0.39 is 11.9 Å². The number of phenols is 1. The number of carbonyl (C=O) groups is 2. The quantitative estimate of drug-likeness (QED) is 0.605. The lowest BCUT2D eigenvalue weighted by Crippen LogP contribution is -2.14. The highest BCUT2D eigenvalue weighted by Gasteiger charge is 2.34. The molecule has 0 radical (unpaired) electrons. The number of thioether (sulfide) groups is 1. The number of benzene rings is 2. The van der Waals surface area contributed by atoms with E-state index in [0.29, 0.717) is 23.5 Å². The summed E-state index contributed by atoms with van der Waals surface area (Å²) in [4.78, 5) is 29.6. The van der Waals surface area contributed by atoms with Crippen molar-refractivity contribution in [3.63, 3.8) is 0 Å². The molecule has 0 saturated carbocycles. The van der Waals surface area contributed by atoms with Gasteiger partial charge in [0.2, 0.25) is 0 Å². The van der Waals surface area contributed by atoms with Crippen LogP contribution in [0.3, 0.4) is 0 Å². The molecule has 7 nitrogen and oxygen atoms in total. The van der Waals surface area contributed by atoms with Crippen molar-refractivity contribution in [2.75, 3.05) is 13.2 Å². The maximum Gasteiger partial charge on any atom is 0.344 e. The molecule has 0 aliphatic carbocycles. The van der Waals surface area contributed by atoms with Crippen molar-refractivity contribution < 1.29 is 29.3 Å². The summed E-state index contributed by atoms with van der Waals surface area (Å²) >= 11 is 0.946. The lowest BCUT2D eigenvalue weighted by Gasteiger charge is -2.08. The molecule has 1 aliphatic rings. The molecule has 2 aromatic carbocycles. The van der Waals surface area contributed by atoms with Gasteiger partial charge in [-0.3, -0.25) is 4.79 Å². The lowest BCUT2D eigenvalue weighted by molar-refractivity contribution is -0.138. The average Bonchev–Trinajstić information content (AvgIpc) is 3.06. The summed E-state index contributed by atoms with van der Waals surface area (Å²) in [5, 5.41) is 21.3. The van der Waals surface area contributed by atoms with Crippen LogP contribution in [0.1, 0.15) is 35.3 Å². The van der Waals surface area contributed by atoms with Crippen LogP contribution < -0.4 is 4.74 Å². The van der Waals surface area contributed by atoms with Gasteiger partial charge in [0.1, 0.15) is 16.4 Å². The van der Waals surface area contributed by atoms with Gasteiger partial charge in [-0.05, 0) is 44.5 Å². The molecule has 0 atom stereocenters. The summed E-state index contributed by atoms with van der Waals surface area (Å²) < 4.78 is 10.4. The highest BCUT2D eigenvalue weighted by Crippen LogP contribution is 2.41. The van der Waals surface area contributed by atoms with E-state index in [1.807, 2.05) is 6.07 Å². The van der Waals surface area contributed by atoms with Crippen LogP contribution in [0, 0.1) is 6.92 Å². The van der Waals surface area contributed by atoms with Crippen LogP contribution >= 0.6 is 11.8 Å². The monoisotopic (exact) mass is 453 g/mol. The van der Waals surface area contributed by atoms with Gasteiger partial charge in [-0.1, -0.05) is 42.1 Å². The fourth-order valence-corrected chi connectivity index (χ4v) is 4.03. The SMILES string of the molecule is CCOC(=O)C1=C(O)/C(=C/c2cccc(OCC)c2O)SC1=NC(=O)c1ccccc1C. The van der Waals surface area contributed by atoms with E-state index in [2.05, 4.69) is 4.99 Å². The molecule has 8 heteroatoms. The third-order valence-electron chi connectivity index (χ3n) is 4.57. The first-order valence-electron chi connectivity index (χ1n) is 10.0. The number of esters is 1. The minimum atomic E-state index is -0.787. The fourth-order valence-electron chi connectivity index (χ4n) is 3.03. The number of para-hydroxylation sites is 1. The molecule has 1 aliphatic heterocycles. The molecule has 1 amide bonds. The number of aliphatic hydroxyl groups excluding tert-OH is 1. The number of aryl methyl sites for hydroxylation is 1. The smallest absolute Gasteiger partial charge is 0.344 e. The number of ether oxygens (including phenoxy) is 2. The topological polar surface area (TPSA) is 105 Å². The Morgan fingerprint density at radius 1 is 1.06 bits per heavy atom. The van der Waals surface area contributed by atoms with Gasteiger partial charge in [0.25, 0.3) is 5.91 Å². The van der Waals surface area contributed by atoms with Crippen molar-refractivity contribution in [3.8, 4) is 11.5 Å². The number of aliphatic imine (C=N–C) groups is 1. The summed E-state index contributed by atoms with van der Waals surface area (Å²) in [6.07, 6.45) is 1.50. The molecular formula is C24H23NO6S. The third kappa shape index (κ3) is 4.86. The molecule has 2 aromatic rings. The largest absolute Gasteiger partial charge is 0.506 e. The van der Waals surface area contributed by atoms with Gasteiger partial charge >= 0.3 is 5.97 Å². The summed E-state index contributed by atoms with van der Waals surface area (Å²) in [6, 6.07) is 11.9. The predicted octanol–water partition coefficient (Wildman–Crippen LogP) is 4.80. The minimum Gasteiger partial charge on any atom is -0.506 e. The minimum absolute atomic E-state index is 0.0286. The van der Waals surface area contributed by atoms with Crippen molar-refractivity contribution in [2.24, 2.45) is 4.99 Å². The molecular weight excluding hydrogens is 430 g/mol. The normalized spacial score (nSPS) is 16.0. The number of nitrogens with zero attached hydrogens (tertiary/aromatic N) is 1. The van der Waals surface area contributed by atoms with Crippen molar-refractivity contribution in [3.05, 3.63) is 75.4 Å². The summed E-state index contributed by atoms with van der Waals surface area (Å²) in [5.41, 5.74) is 1.32. The number of hydrogen-bond acceptors (Lipinski definition) is 7. The van der Waals surface area contributed by atoms with E-state index in [1.165, 1.54) is 6.08 Å². The Bertz CT molecular complexity index is 1150. The van der Waals surface area contributed by atoms with Gasteiger partial charge in [-0.15, -0.1) is 0 Å². The second-order valence-electron chi connectivity index (χ2n) is 6.72. The highest BCUT2D eigenvalue weighted by molar-refractivity contribution is 8.18. The Kier molecular flexibility index (Phi) is 7.37. The van der Waals surface area contributed by atoms with Crippen molar-refractivity contribution >= 4 is 34.8 Å². The first-order chi connectivity index (χ1) is 15.4. The first kappa shape index (κ1) is 23.1. The number of carbonyl (C=O) groups excluding carboxylic acids is 2. The van der Waals surface area contributed by atoms with Crippen molar-refractivity contribution in [1.82, 2.24) is 0 Å². The van der Waals surface area contributed by atoms with Gasteiger partial charge in [0.05, 0.1) is 18.1 Å². The number of hydrogen-bond donors (Lipinski definition) is 2. The predicted molar refractivity (Wildman–Crippen MR) is 124 cm³/mol. The molecule has 2 N–H and O–H groups in total. The Morgan fingerprint density at radius 3 is 2.50 bits per heavy atom. The van der Waals surface area contributed by atoms with E-state index in [0.717, 1.165) is 17.3 Å². The van der Waals surface area contributed by atoms with Gasteiger partial charge in [-0.25, -0.2) is 9.79 Å². The Balaban J connectivity index is 2.05. The van der Waals surface area contributed by atoms with Crippen molar-refractivity contribution in [2.45, 2.75) is 20.8 Å². The summed E-state index contributed by atoms with van der Waals surface area (Å²) in [6.45, 7) is 5.69.